The summed E-state index contributed by atoms with van der Waals surface area (Å²) in [6.45, 7) is 1.62. The standard InChI is InChI=1S/C17H16N4O2/c1-11(18-16(23)12-7-3-2-4-8-12)15(22)21-17-19-13-9-5-6-10-14(13)20-17/h2-11H,1H3,(H,18,23)(H2,19,20,21,22)/t11-/m1/s1. The second kappa shape index (κ2) is 6.31. The predicted molar refractivity (Wildman–Crippen MR) is 88.1 cm³/mol. The maximum Gasteiger partial charge on any atom is 0.251 e. The van der Waals surface area contributed by atoms with Crippen LogP contribution in [0.4, 0.5) is 5.95 Å². The van der Waals surface area contributed by atoms with E-state index in [9.17, 15) is 9.59 Å². The summed E-state index contributed by atoms with van der Waals surface area (Å²) in [7, 11) is 0. The highest BCUT2D eigenvalue weighted by atomic mass is 16.2. The van der Waals surface area contributed by atoms with Gasteiger partial charge in [-0.1, -0.05) is 30.3 Å². The molecule has 1 atom stereocenters. The molecular formula is C17H16N4O2. The maximum absolute atomic E-state index is 12.2. The molecule has 6 nitrogen and oxygen atoms in total. The monoisotopic (exact) mass is 308 g/mol. The molecule has 23 heavy (non-hydrogen) atoms. The van der Waals surface area contributed by atoms with Crippen LogP contribution in [0.25, 0.3) is 11.0 Å². The van der Waals surface area contributed by atoms with Crippen molar-refractivity contribution in [3.8, 4) is 0 Å². The summed E-state index contributed by atoms with van der Waals surface area (Å²) in [5.41, 5.74) is 2.11. The lowest BCUT2D eigenvalue weighted by Gasteiger charge is -2.13. The number of fused-ring (bicyclic) bond motifs is 1. The number of carbonyl (C=O) groups is 2. The minimum Gasteiger partial charge on any atom is -0.341 e. The number of aromatic nitrogens is 2. The Morgan fingerprint density at radius 3 is 2.48 bits per heavy atom. The lowest BCUT2D eigenvalue weighted by Crippen LogP contribution is -2.41. The van der Waals surface area contributed by atoms with Crippen molar-refractivity contribution in [2.45, 2.75) is 13.0 Å². The van der Waals surface area contributed by atoms with E-state index in [-0.39, 0.29) is 11.8 Å². The van der Waals surface area contributed by atoms with E-state index < -0.39 is 6.04 Å². The van der Waals surface area contributed by atoms with Crippen molar-refractivity contribution in [3.63, 3.8) is 0 Å². The summed E-state index contributed by atoms with van der Waals surface area (Å²) in [5, 5.41) is 5.32. The Morgan fingerprint density at radius 1 is 1.04 bits per heavy atom. The zero-order valence-corrected chi connectivity index (χ0v) is 12.5. The van der Waals surface area contributed by atoms with Crippen molar-refractivity contribution >= 4 is 28.8 Å². The number of para-hydroxylation sites is 2. The summed E-state index contributed by atoms with van der Waals surface area (Å²) in [6, 6.07) is 15.6. The third-order valence-electron chi connectivity index (χ3n) is 3.41. The summed E-state index contributed by atoms with van der Waals surface area (Å²) < 4.78 is 0. The predicted octanol–water partition coefficient (Wildman–Crippen LogP) is 2.32. The first-order valence-electron chi connectivity index (χ1n) is 7.25. The van der Waals surface area contributed by atoms with Crippen LogP contribution in [0.1, 0.15) is 17.3 Å². The van der Waals surface area contributed by atoms with Gasteiger partial charge in [0.2, 0.25) is 11.9 Å². The smallest absolute Gasteiger partial charge is 0.251 e. The molecule has 0 radical (unpaired) electrons. The molecule has 116 valence electrons. The molecule has 0 aliphatic carbocycles. The van der Waals surface area contributed by atoms with Gasteiger partial charge in [0, 0.05) is 5.56 Å². The molecule has 0 spiro atoms. The summed E-state index contributed by atoms with van der Waals surface area (Å²) in [6.07, 6.45) is 0. The molecule has 0 saturated heterocycles. The van der Waals surface area contributed by atoms with E-state index in [0.29, 0.717) is 11.5 Å². The Balaban J connectivity index is 1.64. The summed E-state index contributed by atoms with van der Waals surface area (Å²) in [5.74, 6) is -0.275. The highest BCUT2D eigenvalue weighted by Gasteiger charge is 2.17. The SMILES string of the molecule is C[C@@H](NC(=O)c1ccccc1)C(=O)Nc1nc2ccccc2[nH]1. The minimum absolute atomic E-state index is 0.294. The Morgan fingerprint density at radius 2 is 1.74 bits per heavy atom. The molecule has 3 aromatic rings. The molecule has 1 heterocycles. The Kier molecular flexibility index (Phi) is 4.05. The molecule has 0 fully saturated rings. The average molecular weight is 308 g/mol. The van der Waals surface area contributed by atoms with Crippen LogP contribution in [0, 0.1) is 0 Å². The third-order valence-corrected chi connectivity index (χ3v) is 3.41. The first kappa shape index (κ1) is 14.8. The lowest BCUT2D eigenvalue weighted by molar-refractivity contribution is -0.117. The number of hydrogen-bond acceptors (Lipinski definition) is 3. The Bertz CT molecular complexity index is 809. The molecule has 0 unspecified atom stereocenters. The van der Waals surface area contributed by atoms with Crippen molar-refractivity contribution in [3.05, 3.63) is 60.2 Å². The molecule has 0 aliphatic heterocycles. The van der Waals surface area contributed by atoms with Gasteiger partial charge in [-0.05, 0) is 31.2 Å². The first-order valence-corrected chi connectivity index (χ1v) is 7.25. The fourth-order valence-electron chi connectivity index (χ4n) is 2.17. The van der Waals surface area contributed by atoms with Gasteiger partial charge in [-0.25, -0.2) is 4.98 Å². The second-order valence-electron chi connectivity index (χ2n) is 5.15. The number of H-pyrrole nitrogens is 1. The number of anilines is 1. The second-order valence-corrected chi connectivity index (χ2v) is 5.15. The minimum atomic E-state index is -0.684. The van der Waals surface area contributed by atoms with Crippen LogP contribution in [-0.2, 0) is 4.79 Å². The number of nitrogens with one attached hydrogen (secondary N) is 3. The number of imidazole rings is 1. The van der Waals surface area contributed by atoms with Crippen LogP contribution in [0.2, 0.25) is 0 Å². The van der Waals surface area contributed by atoms with Crippen molar-refractivity contribution < 1.29 is 9.59 Å². The third kappa shape index (κ3) is 3.37. The zero-order valence-electron chi connectivity index (χ0n) is 12.5. The molecular weight excluding hydrogens is 292 g/mol. The molecule has 2 amide bonds. The van der Waals surface area contributed by atoms with Gasteiger partial charge in [-0.15, -0.1) is 0 Å². The van der Waals surface area contributed by atoms with Gasteiger partial charge in [-0.3, -0.25) is 14.9 Å². The van der Waals surface area contributed by atoms with Crippen LogP contribution >= 0.6 is 0 Å². The zero-order chi connectivity index (χ0) is 16.2. The number of aromatic amines is 1. The van der Waals surface area contributed by atoms with Crippen LogP contribution in [0.15, 0.2) is 54.6 Å². The van der Waals surface area contributed by atoms with E-state index in [4.69, 9.17) is 0 Å². The van der Waals surface area contributed by atoms with Gasteiger partial charge in [0.1, 0.15) is 6.04 Å². The number of rotatable bonds is 4. The van der Waals surface area contributed by atoms with Gasteiger partial charge < -0.3 is 10.3 Å². The normalized spacial score (nSPS) is 11.9. The van der Waals surface area contributed by atoms with Crippen LogP contribution < -0.4 is 10.6 Å². The maximum atomic E-state index is 12.2. The van der Waals surface area contributed by atoms with Crippen LogP contribution in [0.5, 0.6) is 0 Å². The number of benzene rings is 2. The number of nitrogens with zero attached hydrogens (tertiary/aromatic N) is 1. The fourth-order valence-corrected chi connectivity index (χ4v) is 2.17. The highest BCUT2D eigenvalue weighted by Crippen LogP contribution is 2.13. The fraction of sp³-hybridized carbons (Fsp3) is 0.118. The Labute approximate surface area is 132 Å². The van der Waals surface area contributed by atoms with Gasteiger partial charge in [0.25, 0.3) is 5.91 Å². The van der Waals surface area contributed by atoms with E-state index in [0.717, 1.165) is 11.0 Å². The molecule has 3 rings (SSSR count). The number of amides is 2. The first-order chi connectivity index (χ1) is 11.1. The van der Waals surface area contributed by atoms with Crippen molar-refractivity contribution in [1.29, 1.82) is 0 Å². The largest absolute Gasteiger partial charge is 0.341 e. The highest BCUT2D eigenvalue weighted by molar-refractivity contribution is 6.00. The van der Waals surface area contributed by atoms with Gasteiger partial charge in [0.05, 0.1) is 11.0 Å². The van der Waals surface area contributed by atoms with E-state index in [1.54, 1.807) is 31.2 Å². The lowest BCUT2D eigenvalue weighted by atomic mass is 10.2. The molecule has 6 heteroatoms. The van der Waals surface area contributed by atoms with Crippen molar-refractivity contribution in [1.82, 2.24) is 15.3 Å². The molecule has 1 aromatic heterocycles. The van der Waals surface area contributed by atoms with E-state index in [1.165, 1.54) is 0 Å². The van der Waals surface area contributed by atoms with Gasteiger partial charge in [0.15, 0.2) is 0 Å². The van der Waals surface area contributed by atoms with E-state index in [1.807, 2.05) is 30.3 Å². The molecule has 2 aromatic carbocycles. The van der Waals surface area contributed by atoms with Crippen LogP contribution in [-0.4, -0.2) is 27.8 Å². The van der Waals surface area contributed by atoms with Gasteiger partial charge >= 0.3 is 0 Å². The van der Waals surface area contributed by atoms with Crippen LogP contribution in [0.3, 0.4) is 0 Å². The molecule has 0 bridgehead atoms. The van der Waals surface area contributed by atoms with Crippen molar-refractivity contribution in [2.75, 3.05) is 5.32 Å². The van der Waals surface area contributed by atoms with Gasteiger partial charge in [-0.2, -0.15) is 0 Å². The Hall–Kier alpha value is -3.15. The molecule has 0 saturated carbocycles. The summed E-state index contributed by atoms with van der Waals surface area (Å²) in [4.78, 5) is 31.5. The number of carbonyl (C=O) groups excluding carboxylic acids is 2. The quantitative estimate of drug-likeness (QED) is 0.691. The summed E-state index contributed by atoms with van der Waals surface area (Å²) >= 11 is 0. The number of hydrogen-bond donors (Lipinski definition) is 3. The van der Waals surface area contributed by atoms with E-state index in [2.05, 4.69) is 20.6 Å². The molecule has 0 aliphatic rings. The topological polar surface area (TPSA) is 86.9 Å². The van der Waals surface area contributed by atoms with Crippen molar-refractivity contribution in [2.24, 2.45) is 0 Å². The average Bonchev–Trinajstić information content (AvgIpc) is 2.97. The van der Waals surface area contributed by atoms with E-state index >= 15 is 0 Å². The molecule has 3 N–H and O–H groups in total.